The standard InChI is InChI=1S/C13H28N3O5P/c1-4-21-16(18)13(17)11(7-8-14)15(2)12(22(3,19)20)9-10-5-6-10/h10-12,18H,4-9,14H2,1-3H3,(H,19,20). The summed E-state index contributed by atoms with van der Waals surface area (Å²) in [6.45, 7) is 3.30. The van der Waals surface area contributed by atoms with E-state index >= 15 is 0 Å². The molecule has 0 saturated heterocycles. The van der Waals surface area contributed by atoms with E-state index in [1.54, 1.807) is 18.9 Å². The van der Waals surface area contributed by atoms with Crippen molar-refractivity contribution in [3.63, 3.8) is 0 Å². The van der Waals surface area contributed by atoms with Crippen LogP contribution in [0.4, 0.5) is 0 Å². The fourth-order valence-electron chi connectivity index (χ4n) is 2.53. The van der Waals surface area contributed by atoms with Crippen LogP contribution in [0.1, 0.15) is 32.6 Å². The lowest BCUT2D eigenvalue weighted by Crippen LogP contribution is -2.50. The van der Waals surface area contributed by atoms with Gasteiger partial charge in [-0.1, -0.05) is 18.1 Å². The summed E-state index contributed by atoms with van der Waals surface area (Å²) in [6.07, 6.45) is 2.92. The van der Waals surface area contributed by atoms with E-state index in [9.17, 15) is 19.5 Å². The summed E-state index contributed by atoms with van der Waals surface area (Å²) in [6, 6.07) is -0.800. The number of hydrogen-bond donors (Lipinski definition) is 3. The van der Waals surface area contributed by atoms with Gasteiger partial charge in [0.05, 0.1) is 18.4 Å². The van der Waals surface area contributed by atoms with Crippen LogP contribution in [0.2, 0.25) is 0 Å². The number of carbonyl (C=O) groups excluding carboxylic acids is 1. The van der Waals surface area contributed by atoms with E-state index in [1.165, 1.54) is 6.66 Å². The number of nitrogens with zero attached hydrogens (tertiary/aromatic N) is 2. The second-order valence-corrected chi connectivity index (χ2v) is 8.37. The molecule has 1 saturated carbocycles. The van der Waals surface area contributed by atoms with Gasteiger partial charge in [-0.25, -0.2) is 4.84 Å². The Labute approximate surface area is 131 Å². The van der Waals surface area contributed by atoms with Gasteiger partial charge in [-0.3, -0.25) is 19.5 Å². The first kappa shape index (κ1) is 19.5. The van der Waals surface area contributed by atoms with Gasteiger partial charge in [0.1, 0.15) is 0 Å². The van der Waals surface area contributed by atoms with Gasteiger partial charge in [-0.05, 0) is 39.3 Å². The molecule has 0 aliphatic heterocycles. The fraction of sp³-hybridized carbons (Fsp3) is 0.923. The molecule has 1 rings (SSSR count). The quantitative estimate of drug-likeness (QED) is 0.307. The average molecular weight is 337 g/mol. The van der Waals surface area contributed by atoms with Crippen molar-refractivity contribution in [1.82, 2.24) is 10.1 Å². The molecule has 3 atom stereocenters. The summed E-state index contributed by atoms with van der Waals surface area (Å²) in [5, 5.41) is 9.80. The monoisotopic (exact) mass is 337 g/mol. The Bertz CT molecular complexity index is 412. The lowest BCUT2D eigenvalue weighted by Gasteiger charge is -2.36. The zero-order valence-corrected chi connectivity index (χ0v) is 14.4. The predicted molar refractivity (Wildman–Crippen MR) is 82.4 cm³/mol. The van der Waals surface area contributed by atoms with Crippen molar-refractivity contribution in [3.05, 3.63) is 0 Å². The number of hydroxylamine groups is 2. The van der Waals surface area contributed by atoms with Crippen LogP contribution < -0.4 is 5.73 Å². The normalized spacial score (nSPS) is 20.5. The molecule has 1 aliphatic carbocycles. The van der Waals surface area contributed by atoms with Crippen LogP contribution in [0.3, 0.4) is 0 Å². The van der Waals surface area contributed by atoms with E-state index in [0.29, 0.717) is 12.3 Å². The number of carbonyl (C=O) groups is 1. The molecule has 1 aliphatic rings. The molecule has 0 heterocycles. The Balaban J connectivity index is 2.90. The van der Waals surface area contributed by atoms with Crippen LogP contribution in [-0.2, 0) is 14.2 Å². The van der Waals surface area contributed by atoms with Crippen molar-refractivity contribution in [3.8, 4) is 0 Å². The van der Waals surface area contributed by atoms with Crippen LogP contribution in [-0.4, -0.2) is 64.8 Å². The molecule has 130 valence electrons. The fourth-order valence-corrected chi connectivity index (χ4v) is 4.06. The largest absolute Gasteiger partial charge is 0.343 e. The van der Waals surface area contributed by atoms with E-state index in [2.05, 4.69) is 0 Å². The zero-order chi connectivity index (χ0) is 16.9. The third-order valence-corrected chi connectivity index (χ3v) is 5.60. The van der Waals surface area contributed by atoms with E-state index in [0.717, 1.165) is 12.8 Å². The van der Waals surface area contributed by atoms with E-state index in [1.807, 2.05) is 0 Å². The van der Waals surface area contributed by atoms with Gasteiger partial charge in [0, 0.05) is 6.66 Å². The van der Waals surface area contributed by atoms with Crippen molar-refractivity contribution in [2.75, 3.05) is 26.9 Å². The molecule has 1 fully saturated rings. The second kappa shape index (κ2) is 8.38. The number of rotatable bonds is 10. The highest BCUT2D eigenvalue weighted by atomic mass is 31.2. The van der Waals surface area contributed by atoms with Gasteiger partial charge in [0.15, 0.2) is 0 Å². The minimum absolute atomic E-state index is 0.138. The lowest BCUT2D eigenvalue weighted by atomic mass is 10.1. The van der Waals surface area contributed by atoms with Crippen LogP contribution in [0, 0.1) is 5.92 Å². The SMILES string of the molecule is CCON(O)C(=O)C(CCN)N(C)C(CC1CC1)P(C)(=O)O. The van der Waals surface area contributed by atoms with Crippen LogP contribution in [0.25, 0.3) is 0 Å². The van der Waals surface area contributed by atoms with Crippen molar-refractivity contribution in [2.24, 2.45) is 11.7 Å². The van der Waals surface area contributed by atoms with Crippen LogP contribution in [0.5, 0.6) is 0 Å². The van der Waals surface area contributed by atoms with Crippen molar-refractivity contribution < 1.29 is 24.3 Å². The summed E-state index contributed by atoms with van der Waals surface area (Å²) in [7, 11) is -1.79. The lowest BCUT2D eigenvalue weighted by molar-refractivity contribution is -0.316. The third kappa shape index (κ3) is 5.61. The van der Waals surface area contributed by atoms with Gasteiger partial charge in [0.25, 0.3) is 5.91 Å². The maximum Gasteiger partial charge on any atom is 0.290 e. The van der Waals surface area contributed by atoms with Crippen molar-refractivity contribution >= 4 is 13.3 Å². The third-order valence-electron chi connectivity index (χ3n) is 3.92. The molecular formula is C13H28N3O5P. The molecule has 0 aromatic rings. The van der Waals surface area contributed by atoms with E-state index in [-0.39, 0.29) is 24.8 Å². The maximum absolute atomic E-state index is 12.3. The summed E-state index contributed by atoms with van der Waals surface area (Å²) < 4.78 is 12.2. The van der Waals surface area contributed by atoms with Crippen LogP contribution in [0.15, 0.2) is 0 Å². The highest BCUT2D eigenvalue weighted by molar-refractivity contribution is 7.57. The molecule has 8 nitrogen and oxygen atoms in total. The Morgan fingerprint density at radius 1 is 1.50 bits per heavy atom. The zero-order valence-electron chi connectivity index (χ0n) is 13.5. The molecule has 0 aromatic carbocycles. The number of nitrogens with two attached hydrogens (primary N) is 1. The van der Waals surface area contributed by atoms with Gasteiger partial charge in [-0.2, -0.15) is 0 Å². The average Bonchev–Trinajstić information content (AvgIpc) is 3.23. The highest BCUT2D eigenvalue weighted by Gasteiger charge is 2.40. The molecule has 9 heteroatoms. The number of amides is 1. The topological polar surface area (TPSA) is 116 Å². The van der Waals surface area contributed by atoms with Crippen molar-refractivity contribution in [2.45, 2.75) is 44.4 Å². The first-order valence-corrected chi connectivity index (χ1v) is 9.77. The molecule has 0 spiro atoms. The minimum atomic E-state index is -3.42. The summed E-state index contributed by atoms with van der Waals surface area (Å²) >= 11 is 0. The molecule has 4 N–H and O–H groups in total. The summed E-state index contributed by atoms with van der Waals surface area (Å²) in [5.74, 6) is -0.877. The Morgan fingerprint density at radius 3 is 2.50 bits per heavy atom. The van der Waals surface area contributed by atoms with Gasteiger partial charge in [-0.15, -0.1) is 0 Å². The van der Waals surface area contributed by atoms with Crippen molar-refractivity contribution in [1.29, 1.82) is 0 Å². The van der Waals surface area contributed by atoms with Gasteiger partial charge >= 0.3 is 0 Å². The smallest absolute Gasteiger partial charge is 0.290 e. The van der Waals surface area contributed by atoms with Gasteiger partial charge < -0.3 is 10.6 Å². The first-order chi connectivity index (χ1) is 10.2. The van der Waals surface area contributed by atoms with Gasteiger partial charge in [0.2, 0.25) is 7.37 Å². The molecule has 22 heavy (non-hydrogen) atoms. The first-order valence-electron chi connectivity index (χ1n) is 7.60. The summed E-state index contributed by atoms with van der Waals surface area (Å²) in [5.41, 5.74) is 5.55. The number of hydrogen-bond acceptors (Lipinski definition) is 6. The second-order valence-electron chi connectivity index (χ2n) is 5.89. The Kier molecular flexibility index (Phi) is 7.45. The highest BCUT2D eigenvalue weighted by Crippen LogP contribution is 2.50. The number of likely N-dealkylation sites (N-methyl/N-ethyl adjacent to an activating group) is 1. The minimum Gasteiger partial charge on any atom is -0.343 e. The molecule has 0 bridgehead atoms. The molecule has 0 aromatic heterocycles. The maximum atomic E-state index is 12.3. The van der Waals surface area contributed by atoms with E-state index < -0.39 is 25.1 Å². The van der Waals surface area contributed by atoms with E-state index in [4.69, 9.17) is 10.6 Å². The molecular weight excluding hydrogens is 309 g/mol. The summed E-state index contributed by atoms with van der Waals surface area (Å²) in [4.78, 5) is 28.7. The van der Waals surface area contributed by atoms with Crippen LogP contribution >= 0.6 is 7.37 Å². The Morgan fingerprint density at radius 2 is 2.09 bits per heavy atom. The molecule has 3 unspecified atom stereocenters. The Hall–Kier alpha value is -0.500. The predicted octanol–water partition coefficient (Wildman–Crippen LogP) is 0.831. The molecule has 1 amide bonds. The molecule has 0 radical (unpaired) electrons.